The van der Waals surface area contributed by atoms with Crippen LogP contribution in [0.15, 0.2) is 42.5 Å². The topological polar surface area (TPSA) is 33.1 Å². The Kier molecular flexibility index (Phi) is 3.19. The molecular formula is C16H11BrClNO. The Labute approximate surface area is 131 Å². The van der Waals surface area contributed by atoms with Crippen LogP contribution in [0.4, 0.5) is 0 Å². The van der Waals surface area contributed by atoms with Gasteiger partial charge in [0.25, 0.3) is 0 Å². The molecule has 0 saturated carbocycles. The molecule has 4 rings (SSSR count). The standard InChI is InChI=1S/C16H10ClNO.BrH/c17-15-12-3-1-2-4-14(12)18-16-11-6-5-10(19)7-9(11)8-13(15)16;/h1-7,19H,8H2;1H. The SMILES string of the molecule is Br.Oc1ccc2c(c1)Cc1c-2nc2ccccc2c1Cl. The molecule has 100 valence electrons. The summed E-state index contributed by atoms with van der Waals surface area (Å²) < 4.78 is 0. The van der Waals surface area contributed by atoms with Gasteiger partial charge in [-0.15, -0.1) is 17.0 Å². The Hall–Kier alpha value is -1.58. The van der Waals surface area contributed by atoms with E-state index in [4.69, 9.17) is 16.6 Å². The van der Waals surface area contributed by atoms with Crippen molar-refractivity contribution < 1.29 is 5.11 Å². The van der Waals surface area contributed by atoms with Crippen molar-refractivity contribution in [3.8, 4) is 17.0 Å². The minimum absolute atomic E-state index is 0. The number of rotatable bonds is 0. The van der Waals surface area contributed by atoms with Crippen molar-refractivity contribution in [1.82, 2.24) is 4.98 Å². The quantitative estimate of drug-likeness (QED) is 0.498. The fourth-order valence-electron chi connectivity index (χ4n) is 2.74. The minimum Gasteiger partial charge on any atom is -0.508 e. The second-order valence-corrected chi connectivity index (χ2v) is 5.17. The average molecular weight is 349 g/mol. The molecule has 0 amide bonds. The van der Waals surface area contributed by atoms with Gasteiger partial charge in [0, 0.05) is 22.9 Å². The van der Waals surface area contributed by atoms with Crippen molar-refractivity contribution in [2.45, 2.75) is 6.42 Å². The van der Waals surface area contributed by atoms with Gasteiger partial charge in [0.05, 0.1) is 16.2 Å². The highest BCUT2D eigenvalue weighted by Gasteiger charge is 2.24. The van der Waals surface area contributed by atoms with Crippen LogP contribution in [0.2, 0.25) is 5.02 Å². The van der Waals surface area contributed by atoms with E-state index in [9.17, 15) is 5.11 Å². The first-order valence-corrected chi connectivity index (χ1v) is 6.51. The molecule has 0 saturated heterocycles. The van der Waals surface area contributed by atoms with Crippen LogP contribution in [0.1, 0.15) is 11.1 Å². The number of phenolic OH excluding ortho intramolecular Hbond substituents is 1. The fraction of sp³-hybridized carbons (Fsp3) is 0.0625. The van der Waals surface area contributed by atoms with Crippen molar-refractivity contribution in [3.63, 3.8) is 0 Å². The van der Waals surface area contributed by atoms with Crippen LogP contribution < -0.4 is 0 Å². The number of fused-ring (bicyclic) bond motifs is 4. The molecule has 1 aliphatic rings. The summed E-state index contributed by atoms with van der Waals surface area (Å²) in [6.45, 7) is 0. The maximum absolute atomic E-state index is 9.58. The second-order valence-electron chi connectivity index (χ2n) is 4.79. The van der Waals surface area contributed by atoms with E-state index in [1.165, 1.54) is 0 Å². The second kappa shape index (κ2) is 4.76. The highest BCUT2D eigenvalue weighted by Crippen LogP contribution is 2.42. The van der Waals surface area contributed by atoms with Crippen LogP contribution >= 0.6 is 28.6 Å². The van der Waals surface area contributed by atoms with E-state index in [0.717, 1.165) is 44.7 Å². The smallest absolute Gasteiger partial charge is 0.115 e. The molecule has 2 nitrogen and oxygen atoms in total. The van der Waals surface area contributed by atoms with E-state index in [-0.39, 0.29) is 22.7 Å². The summed E-state index contributed by atoms with van der Waals surface area (Å²) in [5, 5.41) is 11.3. The number of pyridine rings is 1. The molecule has 0 bridgehead atoms. The third kappa shape index (κ3) is 1.81. The third-order valence-corrected chi connectivity index (χ3v) is 4.07. The summed E-state index contributed by atoms with van der Waals surface area (Å²) in [6, 6.07) is 13.3. The lowest BCUT2D eigenvalue weighted by Gasteiger charge is -2.06. The van der Waals surface area contributed by atoms with Crippen LogP contribution in [0.3, 0.4) is 0 Å². The number of para-hydroxylation sites is 1. The molecule has 3 aromatic rings. The Morgan fingerprint density at radius 3 is 2.75 bits per heavy atom. The van der Waals surface area contributed by atoms with Gasteiger partial charge in [-0.1, -0.05) is 29.8 Å². The van der Waals surface area contributed by atoms with Crippen LogP contribution in [0, 0.1) is 0 Å². The predicted octanol–water partition coefficient (Wildman–Crippen LogP) is 4.74. The van der Waals surface area contributed by atoms with Gasteiger partial charge < -0.3 is 5.11 Å². The number of nitrogens with zero attached hydrogens (tertiary/aromatic N) is 1. The molecule has 0 spiro atoms. The number of halogens is 2. The number of benzene rings is 2. The summed E-state index contributed by atoms with van der Waals surface area (Å²) in [6.07, 6.45) is 0.732. The molecule has 1 aromatic heterocycles. The molecule has 1 aliphatic carbocycles. The van der Waals surface area contributed by atoms with Gasteiger partial charge in [0.15, 0.2) is 0 Å². The number of phenols is 1. The highest BCUT2D eigenvalue weighted by molar-refractivity contribution is 8.93. The Morgan fingerprint density at radius 2 is 1.90 bits per heavy atom. The third-order valence-electron chi connectivity index (χ3n) is 3.63. The molecule has 0 aliphatic heterocycles. The molecule has 0 atom stereocenters. The molecule has 0 unspecified atom stereocenters. The van der Waals surface area contributed by atoms with Gasteiger partial charge in [0.2, 0.25) is 0 Å². The Balaban J connectivity index is 0.00000121. The zero-order valence-electron chi connectivity index (χ0n) is 10.4. The zero-order chi connectivity index (χ0) is 13.0. The van der Waals surface area contributed by atoms with Crippen LogP contribution in [-0.2, 0) is 6.42 Å². The van der Waals surface area contributed by atoms with Crippen LogP contribution in [0.5, 0.6) is 5.75 Å². The van der Waals surface area contributed by atoms with E-state index in [0.29, 0.717) is 0 Å². The Morgan fingerprint density at radius 1 is 1.10 bits per heavy atom. The maximum Gasteiger partial charge on any atom is 0.115 e. The number of hydrogen-bond donors (Lipinski definition) is 1. The summed E-state index contributed by atoms with van der Waals surface area (Å²) in [5.74, 6) is 0.284. The van der Waals surface area contributed by atoms with E-state index < -0.39 is 0 Å². The van der Waals surface area contributed by atoms with E-state index in [1.807, 2.05) is 30.3 Å². The summed E-state index contributed by atoms with van der Waals surface area (Å²) in [5.41, 5.74) is 5.06. The molecule has 1 N–H and O–H groups in total. The first kappa shape index (κ1) is 13.4. The molecule has 2 aromatic carbocycles. The van der Waals surface area contributed by atoms with Gasteiger partial charge in [-0.2, -0.15) is 0 Å². The normalized spacial score (nSPS) is 11.8. The molecule has 0 fully saturated rings. The van der Waals surface area contributed by atoms with Crippen LogP contribution in [0.25, 0.3) is 22.2 Å². The first-order chi connectivity index (χ1) is 9.24. The monoisotopic (exact) mass is 347 g/mol. The fourth-order valence-corrected chi connectivity index (χ4v) is 3.06. The number of hydrogen-bond acceptors (Lipinski definition) is 2. The van der Waals surface area contributed by atoms with Crippen molar-refractivity contribution in [2.24, 2.45) is 0 Å². The largest absolute Gasteiger partial charge is 0.508 e. The maximum atomic E-state index is 9.58. The van der Waals surface area contributed by atoms with E-state index in [2.05, 4.69) is 0 Å². The van der Waals surface area contributed by atoms with Crippen LogP contribution in [-0.4, -0.2) is 10.1 Å². The molecule has 20 heavy (non-hydrogen) atoms. The molecule has 4 heteroatoms. The van der Waals surface area contributed by atoms with E-state index in [1.54, 1.807) is 12.1 Å². The zero-order valence-corrected chi connectivity index (χ0v) is 12.9. The lowest BCUT2D eigenvalue weighted by atomic mass is 10.1. The summed E-state index contributed by atoms with van der Waals surface area (Å²) in [7, 11) is 0. The van der Waals surface area contributed by atoms with Crippen molar-refractivity contribution >= 4 is 39.5 Å². The van der Waals surface area contributed by atoms with Gasteiger partial charge >= 0.3 is 0 Å². The molecule has 0 radical (unpaired) electrons. The average Bonchev–Trinajstić information content (AvgIpc) is 2.77. The van der Waals surface area contributed by atoms with Gasteiger partial charge in [-0.05, 0) is 29.8 Å². The van der Waals surface area contributed by atoms with E-state index >= 15 is 0 Å². The van der Waals surface area contributed by atoms with Crippen molar-refractivity contribution in [1.29, 1.82) is 0 Å². The van der Waals surface area contributed by atoms with Crippen molar-refractivity contribution in [2.75, 3.05) is 0 Å². The van der Waals surface area contributed by atoms with Gasteiger partial charge in [-0.25, -0.2) is 4.98 Å². The van der Waals surface area contributed by atoms with Gasteiger partial charge in [-0.3, -0.25) is 0 Å². The summed E-state index contributed by atoms with van der Waals surface area (Å²) >= 11 is 6.51. The van der Waals surface area contributed by atoms with Crippen molar-refractivity contribution in [3.05, 3.63) is 58.6 Å². The number of aromatic nitrogens is 1. The minimum atomic E-state index is 0. The lowest BCUT2D eigenvalue weighted by molar-refractivity contribution is 0.475. The first-order valence-electron chi connectivity index (χ1n) is 6.13. The molecule has 1 heterocycles. The highest BCUT2D eigenvalue weighted by atomic mass is 79.9. The van der Waals surface area contributed by atoms with Gasteiger partial charge in [0.1, 0.15) is 5.75 Å². The summed E-state index contributed by atoms with van der Waals surface area (Å²) in [4.78, 5) is 4.72. The Bertz CT molecular complexity index is 832. The lowest BCUT2D eigenvalue weighted by Crippen LogP contribution is -1.89. The number of aromatic hydroxyl groups is 1. The molecular weight excluding hydrogens is 338 g/mol. The predicted molar refractivity (Wildman–Crippen MR) is 87.0 cm³/mol.